The number of amides is 1. The number of carbonyl (C=O) groups excluding carboxylic acids is 1. The minimum absolute atomic E-state index is 0.0513. The molecule has 17 heavy (non-hydrogen) atoms. The highest BCUT2D eigenvalue weighted by Gasteiger charge is 2.19. The third kappa shape index (κ3) is 3.54. The summed E-state index contributed by atoms with van der Waals surface area (Å²) < 4.78 is 1.08. The normalized spacial score (nSPS) is 20.8. The number of carbonyl (C=O) groups is 1. The topological polar surface area (TPSA) is 41.1 Å². The Morgan fingerprint density at radius 3 is 3.00 bits per heavy atom. The van der Waals surface area contributed by atoms with Crippen molar-refractivity contribution in [2.45, 2.75) is 31.8 Å². The van der Waals surface area contributed by atoms with Gasteiger partial charge in [0.25, 0.3) is 0 Å². The third-order valence-electron chi connectivity index (χ3n) is 3.03. The van der Waals surface area contributed by atoms with E-state index in [4.69, 9.17) is 0 Å². The molecule has 1 heterocycles. The van der Waals surface area contributed by atoms with E-state index in [0.29, 0.717) is 0 Å². The van der Waals surface area contributed by atoms with E-state index in [-0.39, 0.29) is 11.9 Å². The molecule has 3 nitrogen and oxygen atoms in total. The van der Waals surface area contributed by atoms with Crippen molar-refractivity contribution >= 4 is 21.8 Å². The smallest absolute Gasteiger partial charge is 0.237 e. The summed E-state index contributed by atoms with van der Waals surface area (Å²) in [5, 5.41) is 6.26. The fourth-order valence-corrected chi connectivity index (χ4v) is 2.43. The molecule has 1 aromatic carbocycles. The van der Waals surface area contributed by atoms with Crippen molar-refractivity contribution in [2.24, 2.45) is 0 Å². The van der Waals surface area contributed by atoms with Gasteiger partial charge in [0.05, 0.1) is 6.04 Å². The molecule has 0 aliphatic carbocycles. The van der Waals surface area contributed by atoms with Gasteiger partial charge in [-0.05, 0) is 30.9 Å². The Labute approximate surface area is 110 Å². The van der Waals surface area contributed by atoms with Crippen molar-refractivity contribution in [3.63, 3.8) is 0 Å². The molecule has 1 atom stereocenters. The standard InChI is InChI=1S/C13H17BrN2O/c14-11-6-2-1-5-10(11)9-16-12-7-3-4-8-15-13(12)17/h1-2,5-6,12,16H,3-4,7-9H2,(H,15,17)/t12-/m1/s1. The molecule has 92 valence electrons. The second-order valence-electron chi connectivity index (χ2n) is 4.31. The number of nitrogens with one attached hydrogen (secondary N) is 2. The first-order valence-electron chi connectivity index (χ1n) is 6.02. The number of hydrogen-bond donors (Lipinski definition) is 2. The van der Waals surface area contributed by atoms with Crippen LogP contribution in [0.5, 0.6) is 0 Å². The first kappa shape index (κ1) is 12.6. The predicted octanol–water partition coefficient (Wildman–Crippen LogP) is 2.21. The van der Waals surface area contributed by atoms with Crippen molar-refractivity contribution in [1.82, 2.24) is 10.6 Å². The maximum absolute atomic E-state index is 11.7. The van der Waals surface area contributed by atoms with E-state index < -0.39 is 0 Å². The fourth-order valence-electron chi connectivity index (χ4n) is 2.01. The molecule has 0 spiro atoms. The molecule has 4 heteroatoms. The Kier molecular flexibility index (Phi) is 4.57. The quantitative estimate of drug-likeness (QED) is 0.898. The van der Waals surface area contributed by atoms with E-state index in [1.165, 1.54) is 5.56 Å². The summed E-state index contributed by atoms with van der Waals surface area (Å²) >= 11 is 3.51. The van der Waals surface area contributed by atoms with Gasteiger partial charge in [0.1, 0.15) is 0 Å². The summed E-state index contributed by atoms with van der Waals surface area (Å²) in [6, 6.07) is 8.03. The van der Waals surface area contributed by atoms with Gasteiger partial charge in [-0.15, -0.1) is 0 Å². The fraction of sp³-hybridized carbons (Fsp3) is 0.462. The highest BCUT2D eigenvalue weighted by Crippen LogP contribution is 2.16. The Balaban J connectivity index is 1.93. The van der Waals surface area contributed by atoms with Crippen molar-refractivity contribution < 1.29 is 4.79 Å². The average Bonchev–Trinajstić information content (AvgIpc) is 2.53. The molecule has 2 rings (SSSR count). The van der Waals surface area contributed by atoms with E-state index in [1.54, 1.807) is 0 Å². The first-order valence-corrected chi connectivity index (χ1v) is 6.81. The van der Waals surface area contributed by atoms with Crippen molar-refractivity contribution in [3.8, 4) is 0 Å². The van der Waals surface area contributed by atoms with Crippen LogP contribution in [0.4, 0.5) is 0 Å². The van der Waals surface area contributed by atoms with Crippen LogP contribution in [-0.2, 0) is 11.3 Å². The Morgan fingerprint density at radius 2 is 2.18 bits per heavy atom. The lowest BCUT2D eigenvalue weighted by Crippen LogP contribution is -2.42. The molecule has 0 saturated carbocycles. The van der Waals surface area contributed by atoms with E-state index in [0.717, 1.165) is 36.8 Å². The molecule has 1 saturated heterocycles. The summed E-state index contributed by atoms with van der Waals surface area (Å²) in [7, 11) is 0. The number of benzene rings is 1. The zero-order chi connectivity index (χ0) is 12.1. The molecule has 0 aromatic heterocycles. The van der Waals surface area contributed by atoms with Crippen LogP contribution in [0.15, 0.2) is 28.7 Å². The second kappa shape index (κ2) is 6.17. The summed E-state index contributed by atoms with van der Waals surface area (Å²) in [5.41, 5.74) is 1.18. The number of rotatable bonds is 3. The summed E-state index contributed by atoms with van der Waals surface area (Å²) in [5.74, 6) is 0.134. The maximum atomic E-state index is 11.7. The van der Waals surface area contributed by atoms with E-state index >= 15 is 0 Å². The highest BCUT2D eigenvalue weighted by atomic mass is 79.9. The van der Waals surface area contributed by atoms with Crippen LogP contribution >= 0.6 is 15.9 Å². The molecule has 1 aromatic rings. The zero-order valence-electron chi connectivity index (χ0n) is 9.71. The van der Waals surface area contributed by atoms with Gasteiger partial charge in [0, 0.05) is 17.6 Å². The van der Waals surface area contributed by atoms with E-state index in [2.05, 4.69) is 32.6 Å². The molecule has 1 amide bonds. The van der Waals surface area contributed by atoms with Crippen LogP contribution in [0.2, 0.25) is 0 Å². The van der Waals surface area contributed by atoms with E-state index in [1.807, 2.05) is 18.2 Å². The summed E-state index contributed by atoms with van der Waals surface area (Å²) in [6.07, 6.45) is 3.11. The van der Waals surface area contributed by atoms with Gasteiger partial charge in [-0.2, -0.15) is 0 Å². The number of halogens is 1. The highest BCUT2D eigenvalue weighted by molar-refractivity contribution is 9.10. The molecule has 0 unspecified atom stereocenters. The molecule has 2 N–H and O–H groups in total. The van der Waals surface area contributed by atoms with Crippen LogP contribution in [0.25, 0.3) is 0 Å². The molecular formula is C13H17BrN2O. The van der Waals surface area contributed by atoms with Gasteiger partial charge in [-0.3, -0.25) is 4.79 Å². The molecule has 1 aliphatic heterocycles. The van der Waals surface area contributed by atoms with Crippen molar-refractivity contribution in [3.05, 3.63) is 34.3 Å². The lowest BCUT2D eigenvalue weighted by molar-refractivity contribution is -0.122. The summed E-state index contributed by atoms with van der Waals surface area (Å²) in [4.78, 5) is 11.7. The molecular weight excluding hydrogens is 280 g/mol. The maximum Gasteiger partial charge on any atom is 0.237 e. The van der Waals surface area contributed by atoms with Gasteiger partial charge in [-0.1, -0.05) is 34.1 Å². The van der Waals surface area contributed by atoms with Gasteiger partial charge in [-0.25, -0.2) is 0 Å². The molecule has 0 bridgehead atoms. The van der Waals surface area contributed by atoms with Crippen molar-refractivity contribution in [2.75, 3.05) is 6.54 Å². The lowest BCUT2D eigenvalue weighted by Gasteiger charge is -2.15. The van der Waals surface area contributed by atoms with E-state index in [9.17, 15) is 4.79 Å². The Bertz CT molecular complexity index is 395. The zero-order valence-corrected chi connectivity index (χ0v) is 11.3. The average molecular weight is 297 g/mol. The SMILES string of the molecule is O=C1NCCCC[C@H]1NCc1ccccc1Br. The van der Waals surface area contributed by atoms with Crippen molar-refractivity contribution in [1.29, 1.82) is 0 Å². The Hall–Kier alpha value is -0.870. The Morgan fingerprint density at radius 1 is 1.35 bits per heavy atom. The second-order valence-corrected chi connectivity index (χ2v) is 5.17. The molecule has 1 fully saturated rings. The van der Waals surface area contributed by atoms with Gasteiger partial charge in [0.2, 0.25) is 5.91 Å². The van der Waals surface area contributed by atoms with Crippen LogP contribution in [-0.4, -0.2) is 18.5 Å². The lowest BCUT2D eigenvalue weighted by atomic mass is 10.1. The van der Waals surface area contributed by atoms with Crippen LogP contribution in [0.3, 0.4) is 0 Å². The largest absolute Gasteiger partial charge is 0.355 e. The first-order chi connectivity index (χ1) is 8.27. The number of hydrogen-bond acceptors (Lipinski definition) is 2. The van der Waals surface area contributed by atoms with Crippen LogP contribution in [0.1, 0.15) is 24.8 Å². The van der Waals surface area contributed by atoms with Gasteiger partial charge < -0.3 is 10.6 Å². The van der Waals surface area contributed by atoms with Crippen LogP contribution in [0, 0.1) is 0 Å². The molecule has 0 radical (unpaired) electrons. The van der Waals surface area contributed by atoms with Gasteiger partial charge >= 0.3 is 0 Å². The predicted molar refractivity (Wildman–Crippen MR) is 71.6 cm³/mol. The monoisotopic (exact) mass is 296 g/mol. The minimum atomic E-state index is -0.0513. The minimum Gasteiger partial charge on any atom is -0.355 e. The summed E-state index contributed by atoms with van der Waals surface area (Å²) in [6.45, 7) is 1.53. The molecule has 1 aliphatic rings. The van der Waals surface area contributed by atoms with Crippen LogP contribution < -0.4 is 10.6 Å². The third-order valence-corrected chi connectivity index (χ3v) is 3.81. The van der Waals surface area contributed by atoms with Gasteiger partial charge in [0.15, 0.2) is 0 Å².